The van der Waals surface area contributed by atoms with Crippen LogP contribution >= 0.6 is 0 Å². The topological polar surface area (TPSA) is 46.2 Å². The minimum atomic E-state index is -0.317. The molecule has 0 aromatic heterocycles. The van der Waals surface area contributed by atoms with Crippen molar-refractivity contribution in [1.29, 1.82) is 0 Å². The van der Waals surface area contributed by atoms with Crippen molar-refractivity contribution in [1.82, 2.24) is 0 Å². The third kappa shape index (κ3) is 2.55. The van der Waals surface area contributed by atoms with Crippen molar-refractivity contribution in [3.63, 3.8) is 0 Å². The van der Waals surface area contributed by atoms with E-state index in [4.69, 9.17) is 23.7 Å². The summed E-state index contributed by atoms with van der Waals surface area (Å²) in [6.07, 6.45) is -1.02. The molecule has 0 radical (unpaired) electrons. The lowest BCUT2D eigenvalue weighted by molar-refractivity contribution is -0.192. The minimum absolute atomic E-state index is 0.223. The molecule has 0 aliphatic carbocycles. The van der Waals surface area contributed by atoms with Gasteiger partial charge in [0.15, 0.2) is 6.10 Å². The second-order valence-electron chi connectivity index (χ2n) is 3.63. The van der Waals surface area contributed by atoms with Crippen LogP contribution in [0.1, 0.15) is 0 Å². The van der Waals surface area contributed by atoms with Crippen LogP contribution in [-0.2, 0) is 23.7 Å². The predicted octanol–water partition coefficient (Wildman–Crippen LogP) is 0.590. The normalized spacial score (nSPS) is 34.9. The van der Waals surface area contributed by atoms with E-state index in [1.807, 2.05) is 0 Å². The lowest BCUT2D eigenvalue weighted by Crippen LogP contribution is -2.55. The molecular weight excluding hydrogens is 212 g/mol. The summed E-state index contributed by atoms with van der Waals surface area (Å²) in [5, 5.41) is 0. The van der Waals surface area contributed by atoms with E-state index < -0.39 is 0 Å². The Morgan fingerprint density at radius 1 is 1.06 bits per heavy atom. The molecule has 1 rings (SSSR count). The number of rotatable bonds is 5. The molecule has 4 atom stereocenters. The van der Waals surface area contributed by atoms with Gasteiger partial charge in [-0.25, -0.2) is 0 Å². The Morgan fingerprint density at radius 3 is 2.12 bits per heavy atom. The fourth-order valence-electron chi connectivity index (χ4n) is 2.00. The molecule has 0 aromatic carbocycles. The first-order chi connectivity index (χ1) is 7.69. The van der Waals surface area contributed by atoms with E-state index in [9.17, 15) is 0 Å². The fraction of sp³-hybridized carbons (Fsp3) is 0.818. The maximum Gasteiger partial charge on any atom is 0.150 e. The zero-order valence-corrected chi connectivity index (χ0v) is 10.3. The molecule has 0 unspecified atom stereocenters. The summed E-state index contributed by atoms with van der Waals surface area (Å²) < 4.78 is 26.8. The van der Waals surface area contributed by atoms with Gasteiger partial charge in [0.05, 0.1) is 6.61 Å². The summed E-state index contributed by atoms with van der Waals surface area (Å²) in [5.41, 5.74) is 0. The van der Waals surface area contributed by atoms with Gasteiger partial charge in [0.2, 0.25) is 0 Å². The first-order valence-corrected chi connectivity index (χ1v) is 5.12. The van der Waals surface area contributed by atoms with E-state index in [0.29, 0.717) is 12.4 Å². The molecule has 0 saturated carbocycles. The summed E-state index contributed by atoms with van der Waals surface area (Å²) in [6, 6.07) is 0. The van der Waals surface area contributed by atoms with Gasteiger partial charge in [-0.05, 0) is 0 Å². The molecule has 0 bridgehead atoms. The summed E-state index contributed by atoms with van der Waals surface area (Å²) >= 11 is 0. The first-order valence-electron chi connectivity index (χ1n) is 5.12. The molecule has 5 heteroatoms. The molecule has 5 nitrogen and oxygen atoms in total. The average Bonchev–Trinajstić information content (AvgIpc) is 2.28. The summed E-state index contributed by atoms with van der Waals surface area (Å²) in [7, 11) is 6.44. The van der Waals surface area contributed by atoms with Crippen LogP contribution in [0.5, 0.6) is 0 Å². The van der Waals surface area contributed by atoms with Crippen LogP contribution in [0.4, 0.5) is 0 Å². The Bertz CT molecular complexity index is 230. The van der Waals surface area contributed by atoms with E-state index in [1.54, 1.807) is 28.4 Å². The molecule has 1 heterocycles. The standard InChI is InChI=1S/C11H20O5/c1-7-9(13-3)11(15-5)10(14-4)8(16-7)6-12-2/h8-11H,1,6H2,2-5H3/t8-,9+,10+,11-/m1/s1. The molecule has 1 aliphatic rings. The van der Waals surface area contributed by atoms with Crippen LogP contribution in [0.3, 0.4) is 0 Å². The number of hydrogen-bond donors (Lipinski definition) is 0. The largest absolute Gasteiger partial charge is 0.487 e. The van der Waals surface area contributed by atoms with Crippen LogP contribution < -0.4 is 0 Å². The Kier molecular flexibility index (Phi) is 5.21. The second kappa shape index (κ2) is 6.20. The minimum Gasteiger partial charge on any atom is -0.487 e. The molecule has 1 fully saturated rings. The Morgan fingerprint density at radius 2 is 1.69 bits per heavy atom. The van der Waals surface area contributed by atoms with Gasteiger partial charge in [-0.1, -0.05) is 6.58 Å². The number of ether oxygens (including phenoxy) is 5. The lowest BCUT2D eigenvalue weighted by atomic mass is 9.98. The molecule has 1 aliphatic heterocycles. The molecule has 0 N–H and O–H groups in total. The predicted molar refractivity (Wildman–Crippen MR) is 58.3 cm³/mol. The van der Waals surface area contributed by atoms with E-state index in [2.05, 4.69) is 6.58 Å². The molecule has 0 aromatic rings. The fourth-order valence-corrected chi connectivity index (χ4v) is 2.00. The number of hydrogen-bond acceptors (Lipinski definition) is 5. The van der Waals surface area contributed by atoms with Crippen molar-refractivity contribution >= 4 is 0 Å². The van der Waals surface area contributed by atoms with Crippen molar-refractivity contribution in [2.24, 2.45) is 0 Å². The maximum absolute atomic E-state index is 5.62. The second-order valence-corrected chi connectivity index (χ2v) is 3.63. The molecular formula is C11H20O5. The van der Waals surface area contributed by atoms with Gasteiger partial charge in [0.25, 0.3) is 0 Å². The van der Waals surface area contributed by atoms with Gasteiger partial charge in [0.1, 0.15) is 24.1 Å². The van der Waals surface area contributed by atoms with Crippen molar-refractivity contribution in [2.75, 3.05) is 35.0 Å². The van der Waals surface area contributed by atoms with Crippen LogP contribution in [0, 0.1) is 0 Å². The van der Waals surface area contributed by atoms with E-state index in [1.165, 1.54) is 0 Å². The summed E-state index contributed by atoms with van der Waals surface area (Å²) in [6.45, 7) is 4.25. The highest BCUT2D eigenvalue weighted by atomic mass is 16.6. The highest BCUT2D eigenvalue weighted by Crippen LogP contribution is 2.28. The van der Waals surface area contributed by atoms with Crippen molar-refractivity contribution in [2.45, 2.75) is 24.4 Å². The molecule has 0 spiro atoms. The van der Waals surface area contributed by atoms with Crippen LogP contribution in [-0.4, -0.2) is 59.5 Å². The van der Waals surface area contributed by atoms with E-state index >= 15 is 0 Å². The van der Waals surface area contributed by atoms with E-state index in [-0.39, 0.29) is 24.4 Å². The zero-order chi connectivity index (χ0) is 12.1. The Labute approximate surface area is 96.3 Å². The molecule has 0 amide bonds. The highest BCUT2D eigenvalue weighted by Gasteiger charge is 2.44. The van der Waals surface area contributed by atoms with Gasteiger partial charge >= 0.3 is 0 Å². The van der Waals surface area contributed by atoms with E-state index in [0.717, 1.165) is 0 Å². The Hall–Kier alpha value is -0.620. The van der Waals surface area contributed by atoms with Crippen LogP contribution in [0.2, 0.25) is 0 Å². The SMILES string of the molecule is C=C1O[C@H](COC)[C@H](OC)[C@H](OC)[C@H]1OC. The smallest absolute Gasteiger partial charge is 0.150 e. The van der Waals surface area contributed by atoms with Gasteiger partial charge in [-0.3, -0.25) is 0 Å². The molecule has 1 saturated heterocycles. The van der Waals surface area contributed by atoms with Crippen molar-refractivity contribution < 1.29 is 23.7 Å². The van der Waals surface area contributed by atoms with Crippen molar-refractivity contribution in [3.8, 4) is 0 Å². The average molecular weight is 232 g/mol. The third-order valence-corrected chi connectivity index (χ3v) is 2.74. The van der Waals surface area contributed by atoms with Gasteiger partial charge in [0, 0.05) is 28.4 Å². The van der Waals surface area contributed by atoms with Crippen LogP contribution in [0.25, 0.3) is 0 Å². The summed E-state index contributed by atoms with van der Waals surface area (Å²) in [5.74, 6) is 0.546. The monoisotopic (exact) mass is 232 g/mol. The van der Waals surface area contributed by atoms with Gasteiger partial charge in [-0.15, -0.1) is 0 Å². The third-order valence-electron chi connectivity index (χ3n) is 2.74. The maximum atomic E-state index is 5.62. The quantitative estimate of drug-likeness (QED) is 0.694. The molecule has 94 valence electrons. The highest BCUT2D eigenvalue weighted by molar-refractivity contribution is 5.07. The first kappa shape index (κ1) is 13.4. The van der Waals surface area contributed by atoms with Gasteiger partial charge in [-0.2, -0.15) is 0 Å². The lowest BCUT2D eigenvalue weighted by Gasteiger charge is -2.41. The van der Waals surface area contributed by atoms with Crippen LogP contribution in [0.15, 0.2) is 12.3 Å². The summed E-state index contributed by atoms with van der Waals surface area (Å²) in [4.78, 5) is 0. The molecule has 16 heavy (non-hydrogen) atoms. The zero-order valence-electron chi connectivity index (χ0n) is 10.3. The van der Waals surface area contributed by atoms with Gasteiger partial charge < -0.3 is 23.7 Å². The Balaban J connectivity index is 2.83. The number of methoxy groups -OCH3 is 4. The van der Waals surface area contributed by atoms with Crippen molar-refractivity contribution in [3.05, 3.63) is 12.3 Å².